The maximum Gasteiger partial charge on any atom is 0.115 e. The molecule has 1 aliphatic carbocycles. The molecule has 1 aromatic carbocycles. The molecule has 5 heteroatoms. The quantitative estimate of drug-likeness (QED) is 0.876. The summed E-state index contributed by atoms with van der Waals surface area (Å²) in [6, 6.07) is 7.96. The van der Waals surface area contributed by atoms with E-state index in [1.165, 1.54) is 11.3 Å². The molecular formula is C20H29N3O2. The summed E-state index contributed by atoms with van der Waals surface area (Å²) < 4.78 is 1.95. The Morgan fingerprint density at radius 1 is 1.16 bits per heavy atom. The third kappa shape index (κ3) is 4.22. The van der Waals surface area contributed by atoms with Crippen molar-refractivity contribution in [3.8, 4) is 5.75 Å². The Labute approximate surface area is 149 Å². The number of rotatable bonds is 5. The van der Waals surface area contributed by atoms with Crippen molar-refractivity contribution >= 4 is 0 Å². The molecule has 0 saturated heterocycles. The van der Waals surface area contributed by atoms with Gasteiger partial charge in [0.25, 0.3) is 0 Å². The Bertz CT molecular complexity index is 718. The van der Waals surface area contributed by atoms with E-state index in [9.17, 15) is 10.2 Å². The maximum atomic E-state index is 9.85. The topological polar surface area (TPSA) is 61.5 Å². The number of phenolic OH excluding ortho intramolecular Hbond substituents is 1. The van der Waals surface area contributed by atoms with Crippen LogP contribution in [0.2, 0.25) is 0 Å². The van der Waals surface area contributed by atoms with Crippen LogP contribution >= 0.6 is 0 Å². The second-order valence-electron chi connectivity index (χ2n) is 7.31. The van der Waals surface area contributed by atoms with Gasteiger partial charge in [0.2, 0.25) is 0 Å². The van der Waals surface area contributed by atoms with Gasteiger partial charge in [0, 0.05) is 37.4 Å². The van der Waals surface area contributed by atoms with Gasteiger partial charge in [0.05, 0.1) is 11.8 Å². The van der Waals surface area contributed by atoms with Crippen molar-refractivity contribution in [1.82, 2.24) is 14.7 Å². The van der Waals surface area contributed by atoms with E-state index in [0.29, 0.717) is 11.8 Å². The first-order valence-electron chi connectivity index (χ1n) is 9.13. The smallest absolute Gasteiger partial charge is 0.115 e. The number of aryl methyl sites for hydroxylation is 2. The van der Waals surface area contributed by atoms with E-state index in [4.69, 9.17) is 0 Å². The molecule has 1 aromatic heterocycles. The van der Waals surface area contributed by atoms with Crippen LogP contribution in [0.4, 0.5) is 0 Å². The molecule has 0 unspecified atom stereocenters. The number of nitrogens with zero attached hydrogens (tertiary/aromatic N) is 3. The van der Waals surface area contributed by atoms with Crippen molar-refractivity contribution in [3.05, 3.63) is 46.8 Å². The zero-order valence-corrected chi connectivity index (χ0v) is 15.4. The zero-order chi connectivity index (χ0) is 18.0. The van der Waals surface area contributed by atoms with Gasteiger partial charge in [-0.15, -0.1) is 0 Å². The van der Waals surface area contributed by atoms with Gasteiger partial charge in [0.15, 0.2) is 0 Å². The number of aliphatic hydroxyl groups is 1. The molecule has 0 atom stereocenters. The maximum absolute atomic E-state index is 9.85. The minimum atomic E-state index is -0.152. The largest absolute Gasteiger partial charge is 0.508 e. The molecular weight excluding hydrogens is 314 g/mol. The average molecular weight is 343 g/mol. The van der Waals surface area contributed by atoms with E-state index in [1.54, 1.807) is 6.07 Å². The molecule has 2 N–H and O–H groups in total. The van der Waals surface area contributed by atoms with Gasteiger partial charge in [-0.2, -0.15) is 5.10 Å². The van der Waals surface area contributed by atoms with Crippen molar-refractivity contribution in [2.45, 2.75) is 64.8 Å². The molecule has 136 valence electrons. The fourth-order valence-electron chi connectivity index (χ4n) is 3.88. The van der Waals surface area contributed by atoms with Crippen LogP contribution in [0, 0.1) is 13.8 Å². The predicted octanol–water partition coefficient (Wildman–Crippen LogP) is 3.05. The number of aliphatic hydroxyl groups excluding tert-OH is 1. The highest BCUT2D eigenvalue weighted by Gasteiger charge is 2.26. The van der Waals surface area contributed by atoms with E-state index in [1.807, 2.05) is 23.9 Å². The van der Waals surface area contributed by atoms with Crippen LogP contribution in [-0.4, -0.2) is 37.0 Å². The van der Waals surface area contributed by atoms with E-state index in [2.05, 4.69) is 29.9 Å². The Morgan fingerprint density at radius 2 is 1.88 bits per heavy atom. The Hall–Kier alpha value is -1.85. The summed E-state index contributed by atoms with van der Waals surface area (Å²) in [5.41, 5.74) is 4.69. The van der Waals surface area contributed by atoms with E-state index >= 15 is 0 Å². The summed E-state index contributed by atoms with van der Waals surface area (Å²) in [5.74, 6) is 0.310. The first-order valence-corrected chi connectivity index (χ1v) is 9.13. The van der Waals surface area contributed by atoms with Gasteiger partial charge >= 0.3 is 0 Å². The second kappa shape index (κ2) is 7.58. The van der Waals surface area contributed by atoms with E-state index in [-0.39, 0.29) is 6.10 Å². The SMILES string of the molecule is Cc1nn(C)c(C)c1CN(Cc1cccc(O)c1)C1CCC(O)CC1. The lowest BCUT2D eigenvalue weighted by atomic mass is 9.91. The molecule has 1 fully saturated rings. The van der Waals surface area contributed by atoms with Gasteiger partial charge in [0.1, 0.15) is 5.75 Å². The van der Waals surface area contributed by atoms with Crippen LogP contribution in [0.15, 0.2) is 24.3 Å². The third-order valence-electron chi connectivity index (χ3n) is 5.50. The van der Waals surface area contributed by atoms with Crippen LogP contribution in [0.5, 0.6) is 5.75 Å². The monoisotopic (exact) mass is 343 g/mol. The highest BCUT2D eigenvalue weighted by Crippen LogP contribution is 2.28. The van der Waals surface area contributed by atoms with Crippen LogP contribution in [-0.2, 0) is 20.1 Å². The lowest BCUT2D eigenvalue weighted by Crippen LogP contribution is -2.38. The molecule has 1 aliphatic rings. The molecule has 0 radical (unpaired) electrons. The number of phenols is 1. The first-order chi connectivity index (χ1) is 11.9. The lowest BCUT2D eigenvalue weighted by molar-refractivity contribution is 0.0663. The number of benzene rings is 1. The number of aromatic nitrogens is 2. The normalized spacial score (nSPS) is 21.0. The van der Waals surface area contributed by atoms with Gasteiger partial charge in [-0.3, -0.25) is 9.58 Å². The standard InChI is InChI=1S/C20H29N3O2/c1-14-20(15(2)22(3)21-14)13-23(17-7-9-18(24)10-8-17)12-16-5-4-6-19(25)11-16/h4-6,11,17-18,24-25H,7-10,12-13H2,1-3H3. The summed E-state index contributed by atoms with van der Waals surface area (Å²) in [4.78, 5) is 2.48. The van der Waals surface area contributed by atoms with Crippen molar-refractivity contribution in [1.29, 1.82) is 0 Å². The van der Waals surface area contributed by atoms with Gasteiger partial charge < -0.3 is 10.2 Å². The molecule has 0 amide bonds. The minimum absolute atomic E-state index is 0.152. The highest BCUT2D eigenvalue weighted by molar-refractivity contribution is 5.28. The second-order valence-corrected chi connectivity index (χ2v) is 7.31. The number of hydrogen-bond donors (Lipinski definition) is 2. The van der Waals surface area contributed by atoms with E-state index in [0.717, 1.165) is 50.0 Å². The van der Waals surface area contributed by atoms with Crippen molar-refractivity contribution in [2.75, 3.05) is 0 Å². The van der Waals surface area contributed by atoms with Crippen LogP contribution < -0.4 is 0 Å². The lowest BCUT2D eigenvalue weighted by Gasteiger charge is -2.36. The minimum Gasteiger partial charge on any atom is -0.508 e. The van der Waals surface area contributed by atoms with Crippen LogP contribution in [0.3, 0.4) is 0 Å². The molecule has 2 aromatic rings. The molecule has 1 saturated carbocycles. The summed E-state index contributed by atoms with van der Waals surface area (Å²) in [7, 11) is 1.99. The predicted molar refractivity (Wildman–Crippen MR) is 98.3 cm³/mol. The summed E-state index contributed by atoms with van der Waals surface area (Å²) in [5, 5.41) is 24.2. The molecule has 25 heavy (non-hydrogen) atoms. The zero-order valence-electron chi connectivity index (χ0n) is 15.4. The Morgan fingerprint density at radius 3 is 2.48 bits per heavy atom. The van der Waals surface area contributed by atoms with Crippen LogP contribution in [0.25, 0.3) is 0 Å². The molecule has 5 nitrogen and oxygen atoms in total. The van der Waals surface area contributed by atoms with Crippen molar-refractivity contribution < 1.29 is 10.2 Å². The summed E-state index contributed by atoms with van der Waals surface area (Å²) in [6.45, 7) is 5.83. The van der Waals surface area contributed by atoms with Crippen molar-refractivity contribution in [2.24, 2.45) is 7.05 Å². The van der Waals surface area contributed by atoms with Gasteiger partial charge in [-0.05, 0) is 57.2 Å². The fraction of sp³-hybridized carbons (Fsp3) is 0.550. The Balaban J connectivity index is 1.83. The van der Waals surface area contributed by atoms with Gasteiger partial charge in [-0.1, -0.05) is 12.1 Å². The number of aromatic hydroxyl groups is 1. The van der Waals surface area contributed by atoms with Crippen molar-refractivity contribution in [3.63, 3.8) is 0 Å². The molecule has 3 rings (SSSR count). The highest BCUT2D eigenvalue weighted by atomic mass is 16.3. The average Bonchev–Trinajstić information content (AvgIpc) is 2.81. The Kier molecular flexibility index (Phi) is 5.45. The number of hydrogen-bond acceptors (Lipinski definition) is 4. The van der Waals surface area contributed by atoms with E-state index < -0.39 is 0 Å². The molecule has 1 heterocycles. The molecule has 0 bridgehead atoms. The summed E-state index contributed by atoms with van der Waals surface area (Å²) in [6.07, 6.45) is 3.61. The molecule has 0 aliphatic heterocycles. The fourth-order valence-corrected chi connectivity index (χ4v) is 3.88. The van der Waals surface area contributed by atoms with Gasteiger partial charge in [-0.25, -0.2) is 0 Å². The van der Waals surface area contributed by atoms with Crippen LogP contribution in [0.1, 0.15) is 48.2 Å². The first kappa shape index (κ1) is 18.0. The summed E-state index contributed by atoms with van der Waals surface area (Å²) >= 11 is 0. The molecule has 0 spiro atoms. The third-order valence-corrected chi connectivity index (χ3v) is 5.50.